The van der Waals surface area contributed by atoms with Crippen LogP contribution in [-0.2, 0) is 6.54 Å². The van der Waals surface area contributed by atoms with Crippen LogP contribution in [0.4, 0.5) is 11.8 Å². The van der Waals surface area contributed by atoms with E-state index in [4.69, 9.17) is 14.5 Å². The second-order valence-electron chi connectivity index (χ2n) is 10.3. The standard InChI is InChI=1S/C29H37N7O/c1-20-7-6-8-23(17-20)19-30-28-25-10-9-24(27-21(2)33-37-22(27)3)18-26(25)31-29(32-28)36-15-13-35(14-16-36)12-11-34(4)5/h6-10,17-18H,11-16,19H2,1-5H3,(H,30,31,32). The molecular formula is C29H37N7O. The van der Waals surface area contributed by atoms with Crippen LogP contribution in [0.2, 0.25) is 0 Å². The number of benzene rings is 2. The van der Waals surface area contributed by atoms with E-state index >= 15 is 0 Å². The van der Waals surface area contributed by atoms with Crippen molar-refractivity contribution >= 4 is 22.7 Å². The number of fused-ring (bicyclic) bond motifs is 1. The SMILES string of the molecule is Cc1cccc(CNc2nc(N3CCN(CCN(C)C)CC3)nc3cc(-c4c(C)noc4C)ccc23)c1. The molecule has 2 aromatic carbocycles. The number of likely N-dealkylation sites (N-methyl/N-ethyl adjacent to an activating group) is 1. The minimum absolute atomic E-state index is 0.706. The Hall–Kier alpha value is -3.49. The highest BCUT2D eigenvalue weighted by Gasteiger charge is 2.21. The van der Waals surface area contributed by atoms with Gasteiger partial charge < -0.3 is 19.6 Å². The van der Waals surface area contributed by atoms with Crippen LogP contribution in [0.5, 0.6) is 0 Å². The third-order valence-electron chi connectivity index (χ3n) is 7.07. The molecule has 1 aliphatic rings. The molecule has 1 aliphatic heterocycles. The minimum atomic E-state index is 0.706. The van der Waals surface area contributed by atoms with Crippen molar-refractivity contribution in [2.24, 2.45) is 0 Å². The van der Waals surface area contributed by atoms with E-state index in [1.807, 2.05) is 13.8 Å². The number of aryl methyl sites for hydroxylation is 3. The van der Waals surface area contributed by atoms with Gasteiger partial charge in [-0.05, 0) is 58.1 Å². The summed E-state index contributed by atoms with van der Waals surface area (Å²) in [5.74, 6) is 2.46. The van der Waals surface area contributed by atoms with Crippen LogP contribution in [0.1, 0.15) is 22.6 Å². The van der Waals surface area contributed by atoms with Gasteiger partial charge in [0.25, 0.3) is 0 Å². The first-order valence-corrected chi connectivity index (χ1v) is 13.0. The van der Waals surface area contributed by atoms with Gasteiger partial charge in [0, 0.05) is 56.8 Å². The average molecular weight is 500 g/mol. The van der Waals surface area contributed by atoms with Gasteiger partial charge in [-0.3, -0.25) is 4.90 Å². The number of rotatable bonds is 8. The Morgan fingerprint density at radius 2 is 1.78 bits per heavy atom. The molecule has 3 heterocycles. The summed E-state index contributed by atoms with van der Waals surface area (Å²) in [7, 11) is 4.25. The molecule has 5 rings (SSSR count). The van der Waals surface area contributed by atoms with Crippen molar-refractivity contribution in [3.05, 3.63) is 65.0 Å². The van der Waals surface area contributed by atoms with Gasteiger partial charge in [0.1, 0.15) is 11.6 Å². The second kappa shape index (κ2) is 10.9. The van der Waals surface area contributed by atoms with Gasteiger partial charge in [0.05, 0.1) is 11.2 Å². The number of aromatic nitrogens is 3. The monoisotopic (exact) mass is 499 g/mol. The number of piperazine rings is 1. The molecule has 0 bridgehead atoms. The van der Waals surface area contributed by atoms with E-state index in [9.17, 15) is 0 Å². The third-order valence-corrected chi connectivity index (χ3v) is 7.07. The Balaban J connectivity index is 1.46. The molecule has 8 nitrogen and oxygen atoms in total. The van der Waals surface area contributed by atoms with Crippen LogP contribution in [0.25, 0.3) is 22.0 Å². The predicted octanol–water partition coefficient (Wildman–Crippen LogP) is 4.51. The molecule has 37 heavy (non-hydrogen) atoms. The summed E-state index contributed by atoms with van der Waals surface area (Å²) in [6.07, 6.45) is 0. The lowest BCUT2D eigenvalue weighted by atomic mass is 10.0. The third kappa shape index (κ3) is 5.76. The Morgan fingerprint density at radius 3 is 2.49 bits per heavy atom. The van der Waals surface area contributed by atoms with Gasteiger partial charge in [0.15, 0.2) is 0 Å². The summed E-state index contributed by atoms with van der Waals surface area (Å²) >= 11 is 0. The minimum Gasteiger partial charge on any atom is -0.365 e. The Morgan fingerprint density at radius 1 is 0.973 bits per heavy atom. The highest BCUT2D eigenvalue weighted by molar-refractivity contribution is 5.93. The zero-order chi connectivity index (χ0) is 25.9. The molecule has 1 N–H and O–H groups in total. The summed E-state index contributed by atoms with van der Waals surface area (Å²) in [4.78, 5) is 17.2. The van der Waals surface area contributed by atoms with Crippen LogP contribution in [0, 0.1) is 20.8 Å². The highest BCUT2D eigenvalue weighted by Crippen LogP contribution is 2.32. The smallest absolute Gasteiger partial charge is 0.227 e. The molecule has 1 fully saturated rings. The Kier molecular flexibility index (Phi) is 7.39. The van der Waals surface area contributed by atoms with Gasteiger partial charge in [-0.25, -0.2) is 4.98 Å². The molecule has 0 aliphatic carbocycles. The number of anilines is 2. The summed E-state index contributed by atoms with van der Waals surface area (Å²) in [5.41, 5.74) is 6.39. The predicted molar refractivity (Wildman–Crippen MR) is 150 cm³/mol. The Bertz CT molecular complexity index is 1350. The number of hydrogen-bond acceptors (Lipinski definition) is 8. The number of nitrogens with one attached hydrogen (secondary N) is 1. The maximum atomic E-state index is 5.44. The van der Waals surface area contributed by atoms with E-state index in [1.54, 1.807) is 0 Å². The van der Waals surface area contributed by atoms with Gasteiger partial charge in [-0.1, -0.05) is 41.1 Å². The van der Waals surface area contributed by atoms with Crippen LogP contribution in [-0.4, -0.2) is 78.3 Å². The van der Waals surface area contributed by atoms with Crippen LogP contribution in [0.3, 0.4) is 0 Å². The van der Waals surface area contributed by atoms with E-state index in [2.05, 4.69) is 88.7 Å². The lowest BCUT2D eigenvalue weighted by Gasteiger charge is -2.35. The quantitative estimate of drug-likeness (QED) is 0.380. The number of nitrogens with zero attached hydrogens (tertiary/aromatic N) is 6. The fraction of sp³-hybridized carbons (Fsp3) is 0.414. The van der Waals surface area contributed by atoms with Gasteiger partial charge in [-0.15, -0.1) is 0 Å². The molecule has 0 atom stereocenters. The molecule has 0 unspecified atom stereocenters. The first-order chi connectivity index (χ1) is 17.9. The normalized spacial score (nSPS) is 14.6. The van der Waals surface area contributed by atoms with Crippen molar-refractivity contribution < 1.29 is 4.52 Å². The molecular weight excluding hydrogens is 462 g/mol. The van der Waals surface area contributed by atoms with E-state index < -0.39 is 0 Å². The molecule has 0 amide bonds. The van der Waals surface area contributed by atoms with Crippen molar-refractivity contribution in [2.75, 3.05) is 63.6 Å². The maximum absolute atomic E-state index is 5.44. The number of hydrogen-bond donors (Lipinski definition) is 1. The lowest BCUT2D eigenvalue weighted by Crippen LogP contribution is -2.48. The fourth-order valence-electron chi connectivity index (χ4n) is 4.96. The highest BCUT2D eigenvalue weighted by atomic mass is 16.5. The second-order valence-corrected chi connectivity index (χ2v) is 10.3. The summed E-state index contributed by atoms with van der Waals surface area (Å²) in [5, 5.41) is 8.76. The summed E-state index contributed by atoms with van der Waals surface area (Å²) < 4.78 is 5.44. The van der Waals surface area contributed by atoms with Gasteiger partial charge in [0.2, 0.25) is 5.95 Å². The van der Waals surface area contributed by atoms with Crippen molar-refractivity contribution in [3.8, 4) is 11.1 Å². The first-order valence-electron chi connectivity index (χ1n) is 13.0. The van der Waals surface area contributed by atoms with Crippen molar-refractivity contribution in [3.63, 3.8) is 0 Å². The molecule has 194 valence electrons. The summed E-state index contributed by atoms with van der Waals surface area (Å²) in [6, 6.07) is 14.9. The van der Waals surface area contributed by atoms with Crippen molar-refractivity contribution in [1.29, 1.82) is 0 Å². The zero-order valence-corrected chi connectivity index (χ0v) is 22.6. The lowest BCUT2D eigenvalue weighted by molar-refractivity contribution is 0.229. The molecule has 2 aromatic heterocycles. The van der Waals surface area contributed by atoms with Crippen LogP contribution < -0.4 is 10.2 Å². The molecule has 8 heteroatoms. The van der Waals surface area contributed by atoms with E-state index in [1.165, 1.54) is 11.1 Å². The zero-order valence-electron chi connectivity index (χ0n) is 22.6. The largest absolute Gasteiger partial charge is 0.365 e. The summed E-state index contributed by atoms with van der Waals surface area (Å²) in [6.45, 7) is 12.8. The topological polar surface area (TPSA) is 73.6 Å². The fourth-order valence-corrected chi connectivity index (χ4v) is 4.96. The molecule has 0 spiro atoms. The van der Waals surface area contributed by atoms with Gasteiger partial charge >= 0.3 is 0 Å². The van der Waals surface area contributed by atoms with Crippen molar-refractivity contribution in [1.82, 2.24) is 24.9 Å². The van der Waals surface area contributed by atoms with E-state index in [0.717, 1.165) is 84.5 Å². The first kappa shape index (κ1) is 25.2. The maximum Gasteiger partial charge on any atom is 0.227 e. The molecule has 0 radical (unpaired) electrons. The van der Waals surface area contributed by atoms with Crippen molar-refractivity contribution in [2.45, 2.75) is 27.3 Å². The van der Waals surface area contributed by atoms with Crippen LogP contribution >= 0.6 is 0 Å². The Labute approximate surface area is 219 Å². The average Bonchev–Trinajstić information content (AvgIpc) is 3.23. The van der Waals surface area contributed by atoms with E-state index in [0.29, 0.717) is 6.54 Å². The van der Waals surface area contributed by atoms with Crippen LogP contribution in [0.15, 0.2) is 47.0 Å². The molecule has 4 aromatic rings. The van der Waals surface area contributed by atoms with E-state index in [-0.39, 0.29) is 0 Å². The molecule has 1 saturated heterocycles. The van der Waals surface area contributed by atoms with Gasteiger partial charge in [-0.2, -0.15) is 4.98 Å². The molecule has 0 saturated carbocycles.